The van der Waals surface area contributed by atoms with Gasteiger partial charge in [-0.1, -0.05) is 47.5 Å². The molecule has 1 N–H and O–H groups in total. The largest absolute Gasteiger partial charge is 0.314 e. The van der Waals surface area contributed by atoms with Crippen LogP contribution >= 0.6 is 0 Å². The number of hydrogen-bond donors (Lipinski definition) is 1. The molecule has 1 heteroatoms. The molecule has 0 bridgehead atoms. The van der Waals surface area contributed by atoms with Crippen LogP contribution in [0.4, 0.5) is 0 Å². The van der Waals surface area contributed by atoms with Gasteiger partial charge in [-0.2, -0.15) is 0 Å². The number of nitrogens with one attached hydrogen (secondary N) is 1. The minimum absolute atomic E-state index is 0.792. The van der Waals surface area contributed by atoms with Crippen molar-refractivity contribution in [2.24, 2.45) is 23.7 Å². The van der Waals surface area contributed by atoms with Crippen molar-refractivity contribution in [1.82, 2.24) is 5.32 Å². The number of hydrogen-bond acceptors (Lipinski definition) is 1. The molecule has 17 heavy (non-hydrogen) atoms. The van der Waals surface area contributed by atoms with Crippen LogP contribution in [0.5, 0.6) is 0 Å². The molecule has 0 aromatic rings. The molecular weight excluding hydrogens is 206 g/mol. The lowest BCUT2D eigenvalue weighted by Gasteiger charge is -2.22. The summed E-state index contributed by atoms with van der Waals surface area (Å²) in [5.74, 6) is 3.46. The minimum atomic E-state index is 0.792. The van der Waals surface area contributed by atoms with Gasteiger partial charge in [0.25, 0.3) is 0 Å². The summed E-state index contributed by atoms with van der Waals surface area (Å²) in [5, 5.41) is 3.80. The molecule has 0 spiro atoms. The first kappa shape index (κ1) is 15.0. The second-order valence-corrected chi connectivity index (χ2v) is 6.84. The Morgan fingerprint density at radius 1 is 0.941 bits per heavy atom. The van der Waals surface area contributed by atoms with Crippen LogP contribution in [0.2, 0.25) is 0 Å². The second kappa shape index (κ2) is 7.41. The third-order valence-electron chi connectivity index (χ3n) is 4.82. The smallest absolute Gasteiger partial charge is 0.00672 e. The molecule has 3 atom stereocenters. The Balaban J connectivity index is 2.27. The summed E-state index contributed by atoms with van der Waals surface area (Å²) >= 11 is 0. The summed E-state index contributed by atoms with van der Waals surface area (Å²) in [4.78, 5) is 0. The Bertz CT molecular complexity index is 198. The predicted molar refractivity (Wildman–Crippen MR) is 77.2 cm³/mol. The predicted octanol–water partition coefficient (Wildman–Crippen LogP) is 4.47. The molecule has 0 heterocycles. The highest BCUT2D eigenvalue weighted by molar-refractivity contribution is 4.77. The fraction of sp³-hybridized carbons (Fsp3) is 1.00. The Hall–Kier alpha value is -0.0400. The molecule has 1 fully saturated rings. The summed E-state index contributed by atoms with van der Waals surface area (Å²) in [6, 6.07) is 0.792. The molecule has 1 aliphatic rings. The Morgan fingerprint density at radius 2 is 1.65 bits per heavy atom. The molecule has 3 unspecified atom stereocenters. The zero-order chi connectivity index (χ0) is 12.8. The van der Waals surface area contributed by atoms with E-state index in [1.165, 1.54) is 38.6 Å². The third kappa shape index (κ3) is 5.42. The fourth-order valence-electron chi connectivity index (χ4n) is 2.79. The molecule has 1 aliphatic carbocycles. The molecule has 1 nitrogen and oxygen atoms in total. The summed E-state index contributed by atoms with van der Waals surface area (Å²) in [7, 11) is 0. The molecular formula is C16H33N. The average molecular weight is 239 g/mol. The maximum atomic E-state index is 3.80. The first-order valence-corrected chi connectivity index (χ1v) is 7.74. The quantitative estimate of drug-likeness (QED) is 0.698. The van der Waals surface area contributed by atoms with Crippen molar-refractivity contribution >= 4 is 0 Å². The van der Waals surface area contributed by atoms with Gasteiger partial charge in [0.15, 0.2) is 0 Å². The molecule has 0 saturated heterocycles. The van der Waals surface area contributed by atoms with Crippen molar-refractivity contribution in [2.45, 2.75) is 72.8 Å². The second-order valence-electron chi connectivity index (χ2n) is 6.84. The monoisotopic (exact) mass is 239 g/mol. The van der Waals surface area contributed by atoms with E-state index in [1.807, 2.05) is 0 Å². The van der Waals surface area contributed by atoms with Crippen molar-refractivity contribution < 1.29 is 0 Å². The van der Waals surface area contributed by atoms with Gasteiger partial charge in [0, 0.05) is 6.04 Å². The van der Waals surface area contributed by atoms with E-state index in [9.17, 15) is 0 Å². The minimum Gasteiger partial charge on any atom is -0.314 e. The lowest BCUT2D eigenvalue weighted by molar-refractivity contribution is 0.329. The van der Waals surface area contributed by atoms with Crippen LogP contribution < -0.4 is 5.32 Å². The van der Waals surface area contributed by atoms with Crippen molar-refractivity contribution in [2.75, 3.05) is 6.54 Å². The molecule has 0 radical (unpaired) electrons. The van der Waals surface area contributed by atoms with Crippen LogP contribution in [-0.4, -0.2) is 12.6 Å². The van der Waals surface area contributed by atoms with E-state index in [0.717, 1.165) is 29.7 Å². The van der Waals surface area contributed by atoms with Gasteiger partial charge in [0.1, 0.15) is 0 Å². The SMILES string of the molecule is CC(C)C(C)CNC1CCCC(C(C)C)CC1. The van der Waals surface area contributed by atoms with Crippen LogP contribution in [0.25, 0.3) is 0 Å². The first-order chi connectivity index (χ1) is 8.00. The zero-order valence-corrected chi connectivity index (χ0v) is 12.6. The highest BCUT2D eigenvalue weighted by Crippen LogP contribution is 2.28. The standard InChI is InChI=1S/C16H33N/c1-12(2)14(5)11-17-16-8-6-7-15(9-10-16)13(3)4/h12-17H,6-11H2,1-5H3. The van der Waals surface area contributed by atoms with Crippen LogP contribution in [0.3, 0.4) is 0 Å². The maximum absolute atomic E-state index is 3.80. The van der Waals surface area contributed by atoms with Gasteiger partial charge in [-0.25, -0.2) is 0 Å². The van der Waals surface area contributed by atoms with Crippen molar-refractivity contribution in [3.63, 3.8) is 0 Å². The van der Waals surface area contributed by atoms with Crippen LogP contribution in [0.1, 0.15) is 66.7 Å². The van der Waals surface area contributed by atoms with E-state index in [2.05, 4.69) is 39.9 Å². The van der Waals surface area contributed by atoms with Gasteiger partial charge < -0.3 is 5.32 Å². The number of rotatable bonds is 5. The molecule has 0 amide bonds. The highest BCUT2D eigenvalue weighted by atomic mass is 14.9. The van der Waals surface area contributed by atoms with Gasteiger partial charge in [-0.3, -0.25) is 0 Å². The third-order valence-corrected chi connectivity index (χ3v) is 4.82. The summed E-state index contributed by atoms with van der Waals surface area (Å²) in [6.45, 7) is 13.0. The zero-order valence-electron chi connectivity index (χ0n) is 12.6. The lowest BCUT2D eigenvalue weighted by atomic mass is 9.89. The Morgan fingerprint density at radius 3 is 2.24 bits per heavy atom. The molecule has 0 aromatic carbocycles. The van der Waals surface area contributed by atoms with Gasteiger partial charge in [-0.15, -0.1) is 0 Å². The van der Waals surface area contributed by atoms with Crippen LogP contribution in [0.15, 0.2) is 0 Å². The molecule has 1 saturated carbocycles. The average Bonchev–Trinajstić information content (AvgIpc) is 2.50. The summed E-state index contributed by atoms with van der Waals surface area (Å²) in [6.07, 6.45) is 7.11. The molecule has 1 rings (SSSR count). The van der Waals surface area contributed by atoms with E-state index in [0.29, 0.717) is 0 Å². The Kier molecular flexibility index (Phi) is 6.54. The Labute approximate surface area is 109 Å². The lowest BCUT2D eigenvalue weighted by Crippen LogP contribution is -2.33. The van der Waals surface area contributed by atoms with E-state index in [1.54, 1.807) is 0 Å². The van der Waals surface area contributed by atoms with Crippen LogP contribution in [-0.2, 0) is 0 Å². The first-order valence-electron chi connectivity index (χ1n) is 7.74. The fourth-order valence-corrected chi connectivity index (χ4v) is 2.79. The highest BCUT2D eigenvalue weighted by Gasteiger charge is 2.21. The van der Waals surface area contributed by atoms with Crippen LogP contribution in [0, 0.1) is 23.7 Å². The topological polar surface area (TPSA) is 12.0 Å². The van der Waals surface area contributed by atoms with Gasteiger partial charge in [0.2, 0.25) is 0 Å². The van der Waals surface area contributed by atoms with Crippen molar-refractivity contribution in [3.05, 3.63) is 0 Å². The molecule has 0 aliphatic heterocycles. The van der Waals surface area contributed by atoms with Crippen molar-refractivity contribution in [3.8, 4) is 0 Å². The van der Waals surface area contributed by atoms with E-state index >= 15 is 0 Å². The normalized spacial score (nSPS) is 28.4. The summed E-state index contributed by atoms with van der Waals surface area (Å²) in [5.41, 5.74) is 0. The molecule has 0 aromatic heterocycles. The van der Waals surface area contributed by atoms with Gasteiger partial charge >= 0.3 is 0 Å². The molecule has 102 valence electrons. The maximum Gasteiger partial charge on any atom is 0.00672 e. The van der Waals surface area contributed by atoms with E-state index < -0.39 is 0 Å². The van der Waals surface area contributed by atoms with E-state index in [-0.39, 0.29) is 0 Å². The summed E-state index contributed by atoms with van der Waals surface area (Å²) < 4.78 is 0. The van der Waals surface area contributed by atoms with E-state index in [4.69, 9.17) is 0 Å². The van der Waals surface area contributed by atoms with Gasteiger partial charge in [0.05, 0.1) is 0 Å². The van der Waals surface area contributed by atoms with Gasteiger partial charge in [-0.05, 0) is 49.5 Å². The van der Waals surface area contributed by atoms with Crippen molar-refractivity contribution in [1.29, 1.82) is 0 Å².